The number of phenolic OH excluding ortho intramolecular Hbond substituents is 2. The van der Waals surface area contributed by atoms with Crippen LogP contribution in [0.3, 0.4) is 0 Å². The van der Waals surface area contributed by atoms with Crippen molar-refractivity contribution in [1.82, 2.24) is 26.6 Å². The van der Waals surface area contributed by atoms with Gasteiger partial charge >= 0.3 is 5.97 Å². The van der Waals surface area contributed by atoms with Gasteiger partial charge in [0.25, 0.3) is 0 Å². The Balaban J connectivity index is 0.987. The smallest absolute Gasteiger partial charge is 0.306 e. The maximum absolute atomic E-state index is 13.5. The highest BCUT2D eigenvalue weighted by Crippen LogP contribution is 2.61. The highest BCUT2D eigenvalue weighted by atomic mass is 16.5. The van der Waals surface area contributed by atoms with Crippen molar-refractivity contribution in [3.8, 4) is 11.5 Å². The van der Waals surface area contributed by atoms with E-state index in [0.717, 1.165) is 44.1 Å². The second-order valence-electron chi connectivity index (χ2n) is 18.8. The van der Waals surface area contributed by atoms with E-state index in [4.69, 9.17) is 10.5 Å². The minimum atomic E-state index is -1.17. The number of hydrogen-bond donors (Lipinski definition) is 8. The first-order valence-electron chi connectivity index (χ1n) is 23.0. The summed E-state index contributed by atoms with van der Waals surface area (Å²) < 4.78 is 6.09. The number of benzene rings is 3. The van der Waals surface area contributed by atoms with Crippen molar-refractivity contribution < 1.29 is 48.5 Å². The predicted octanol–water partition coefficient (Wildman–Crippen LogP) is 3.35. The van der Waals surface area contributed by atoms with Gasteiger partial charge < -0.3 is 47.3 Å². The summed E-state index contributed by atoms with van der Waals surface area (Å²) in [4.78, 5) is 91.3. The van der Waals surface area contributed by atoms with Gasteiger partial charge in [0, 0.05) is 24.7 Å². The van der Waals surface area contributed by atoms with Crippen LogP contribution in [0.15, 0.2) is 72.8 Å². The largest absolute Gasteiger partial charge is 0.508 e. The summed E-state index contributed by atoms with van der Waals surface area (Å²) >= 11 is 0. The van der Waals surface area contributed by atoms with Crippen molar-refractivity contribution >= 4 is 41.4 Å². The van der Waals surface area contributed by atoms with Gasteiger partial charge in [-0.1, -0.05) is 69.3 Å². The average Bonchev–Trinajstić information content (AvgIpc) is 3.61. The number of aromatic hydroxyl groups is 2. The zero-order valence-corrected chi connectivity index (χ0v) is 38.0. The van der Waals surface area contributed by atoms with Crippen LogP contribution < -0.4 is 32.3 Å². The molecule has 2 saturated carbocycles. The summed E-state index contributed by atoms with van der Waals surface area (Å²) in [6.45, 7) is 4.89. The standard InChI is InChI=1S/C50H64N6O10/c1-29(2)23-39(47(51)63)56-49(65)41(24-30-7-5-4-6-8-30)55-45(61)28-52-44(60)27-53-48(64)40(25-31-9-12-33(57)13-10-31)54-43(59)19-20-46(62)66-42-18-17-38-37-15-11-32-26-34(58)14-16-35(32)36(37)21-22-50(38,42)3/h4-10,12-14,16,26,29,36-42,57-58H,11,15,17-25,27-28H2,1-3H3,(H2,51,63)(H,52,60)(H,53,64)(H,54,59)(H,55,61)(H,56,65)/t36-,37-,38+,39+,40+,41+,42+,50+/m1/s1. The summed E-state index contributed by atoms with van der Waals surface area (Å²) in [5.41, 5.74) is 9.24. The number of carbonyl (C=O) groups excluding carboxylic acids is 7. The molecule has 0 aromatic heterocycles. The minimum Gasteiger partial charge on any atom is -0.508 e. The Morgan fingerprint density at radius 1 is 0.712 bits per heavy atom. The summed E-state index contributed by atoms with van der Waals surface area (Å²) in [6.07, 6.45) is 5.23. The Morgan fingerprint density at radius 3 is 2.06 bits per heavy atom. The second kappa shape index (κ2) is 22.2. The number of primary amides is 1. The van der Waals surface area contributed by atoms with Crippen LogP contribution in [0, 0.1) is 23.2 Å². The van der Waals surface area contributed by atoms with E-state index in [0.29, 0.717) is 35.5 Å². The lowest BCUT2D eigenvalue weighted by Crippen LogP contribution is -2.55. The number of nitrogens with two attached hydrogens (primary N) is 1. The Bertz CT molecular complexity index is 2240. The molecule has 16 heteroatoms. The van der Waals surface area contributed by atoms with E-state index in [-0.39, 0.29) is 48.9 Å². The van der Waals surface area contributed by atoms with E-state index < -0.39 is 72.6 Å². The number of hydrogen-bond acceptors (Lipinski definition) is 10. The molecular weight excluding hydrogens is 845 g/mol. The monoisotopic (exact) mass is 908 g/mol. The van der Waals surface area contributed by atoms with Gasteiger partial charge in [-0.2, -0.15) is 0 Å². The SMILES string of the molecule is CC(C)C[C@H](NC(=O)[C@H](Cc1ccccc1)NC(=O)CNC(=O)CNC(=O)[C@H](Cc1ccc(O)cc1)NC(=O)CCC(=O)O[C@H]1CC[C@H]2[C@@H]3CCc4cc(O)ccc4[C@H]3CC[C@]12C)C(N)=O. The van der Waals surface area contributed by atoms with E-state index in [1.807, 2.05) is 19.9 Å². The quantitative estimate of drug-likeness (QED) is 0.0768. The van der Waals surface area contributed by atoms with Crippen LogP contribution in [0.1, 0.15) is 100 Å². The van der Waals surface area contributed by atoms with Gasteiger partial charge in [-0.25, -0.2) is 0 Å². The zero-order valence-electron chi connectivity index (χ0n) is 38.0. The van der Waals surface area contributed by atoms with Crippen LogP contribution in [-0.4, -0.2) is 88.9 Å². The van der Waals surface area contributed by atoms with E-state index in [1.54, 1.807) is 48.5 Å². The summed E-state index contributed by atoms with van der Waals surface area (Å²) in [5, 5.41) is 32.7. The lowest BCUT2D eigenvalue weighted by Gasteiger charge is -2.50. The predicted molar refractivity (Wildman–Crippen MR) is 244 cm³/mol. The van der Waals surface area contributed by atoms with E-state index in [1.165, 1.54) is 23.3 Å². The normalized spacial score (nSPS) is 21.9. The van der Waals surface area contributed by atoms with Gasteiger partial charge in [0.15, 0.2) is 0 Å². The Morgan fingerprint density at radius 2 is 1.36 bits per heavy atom. The number of phenols is 2. The van der Waals surface area contributed by atoms with E-state index in [2.05, 4.69) is 39.6 Å². The first-order valence-corrected chi connectivity index (χ1v) is 23.0. The molecule has 0 saturated heterocycles. The molecule has 0 unspecified atom stereocenters. The van der Waals surface area contributed by atoms with Gasteiger partial charge in [-0.05, 0) is 115 Å². The van der Waals surface area contributed by atoms with Gasteiger partial charge in [0.05, 0.1) is 19.5 Å². The maximum atomic E-state index is 13.5. The molecule has 16 nitrogen and oxygen atoms in total. The fraction of sp³-hybridized carbons (Fsp3) is 0.500. The minimum absolute atomic E-state index is 0.000581. The molecule has 6 rings (SSSR count). The number of aryl methyl sites for hydroxylation is 1. The molecule has 0 radical (unpaired) electrons. The third-order valence-electron chi connectivity index (χ3n) is 13.7. The third kappa shape index (κ3) is 12.9. The molecule has 8 atom stereocenters. The van der Waals surface area contributed by atoms with E-state index >= 15 is 0 Å². The van der Waals surface area contributed by atoms with Gasteiger partial charge in [-0.15, -0.1) is 0 Å². The molecule has 2 fully saturated rings. The number of rotatable bonds is 20. The molecule has 3 aliphatic carbocycles. The van der Waals surface area contributed by atoms with Gasteiger partial charge in [0.2, 0.25) is 35.4 Å². The molecular formula is C50H64N6O10. The van der Waals surface area contributed by atoms with Crippen LogP contribution in [0.2, 0.25) is 0 Å². The number of amides is 6. The Hall–Kier alpha value is -6.45. The highest BCUT2D eigenvalue weighted by molar-refractivity contribution is 5.94. The van der Waals surface area contributed by atoms with Crippen molar-refractivity contribution in [2.45, 2.75) is 122 Å². The van der Waals surface area contributed by atoms with Crippen molar-refractivity contribution in [2.24, 2.45) is 28.9 Å². The molecule has 3 aliphatic rings. The summed E-state index contributed by atoms with van der Waals surface area (Å²) in [7, 11) is 0. The van der Waals surface area contributed by atoms with Gasteiger partial charge in [0.1, 0.15) is 35.7 Å². The topological polar surface area (TPSA) is 255 Å². The van der Waals surface area contributed by atoms with Crippen molar-refractivity contribution in [2.75, 3.05) is 13.1 Å². The van der Waals surface area contributed by atoms with Gasteiger partial charge in [-0.3, -0.25) is 33.6 Å². The van der Waals surface area contributed by atoms with Crippen molar-refractivity contribution in [3.63, 3.8) is 0 Å². The van der Waals surface area contributed by atoms with Crippen molar-refractivity contribution in [3.05, 3.63) is 95.1 Å². The lowest BCUT2D eigenvalue weighted by molar-refractivity contribution is -0.158. The first-order chi connectivity index (χ1) is 31.5. The molecule has 66 heavy (non-hydrogen) atoms. The molecule has 0 heterocycles. The lowest BCUT2D eigenvalue weighted by atomic mass is 9.55. The average molecular weight is 909 g/mol. The molecule has 3 aromatic carbocycles. The van der Waals surface area contributed by atoms with Crippen LogP contribution >= 0.6 is 0 Å². The molecule has 3 aromatic rings. The number of nitrogens with one attached hydrogen (secondary N) is 5. The zero-order chi connectivity index (χ0) is 47.5. The Labute approximate surface area is 385 Å². The fourth-order valence-corrected chi connectivity index (χ4v) is 10.3. The molecule has 354 valence electrons. The molecule has 6 amide bonds. The molecule has 0 spiro atoms. The van der Waals surface area contributed by atoms with Crippen LogP contribution in [-0.2, 0) is 57.6 Å². The Kier molecular flexibility index (Phi) is 16.4. The number of carbonyl (C=O) groups is 7. The first kappa shape index (κ1) is 49.0. The molecule has 9 N–H and O–H groups in total. The number of esters is 1. The summed E-state index contributed by atoms with van der Waals surface area (Å²) in [5.74, 6) is -2.88. The van der Waals surface area contributed by atoms with Crippen molar-refractivity contribution in [1.29, 1.82) is 0 Å². The molecule has 0 aliphatic heterocycles. The number of fused-ring (bicyclic) bond motifs is 5. The number of ether oxygens (including phenoxy) is 1. The molecule has 0 bridgehead atoms. The second-order valence-corrected chi connectivity index (χ2v) is 18.8. The third-order valence-corrected chi connectivity index (χ3v) is 13.7. The van der Waals surface area contributed by atoms with Crippen LogP contribution in [0.4, 0.5) is 0 Å². The summed E-state index contributed by atoms with van der Waals surface area (Å²) in [6, 6.07) is 17.5. The maximum Gasteiger partial charge on any atom is 0.306 e. The van der Waals surface area contributed by atoms with Crippen LogP contribution in [0.25, 0.3) is 0 Å². The fourth-order valence-electron chi connectivity index (χ4n) is 10.3. The highest BCUT2D eigenvalue weighted by Gasteiger charge is 2.56. The van der Waals surface area contributed by atoms with Crippen LogP contribution in [0.5, 0.6) is 11.5 Å². The van der Waals surface area contributed by atoms with E-state index in [9.17, 15) is 43.8 Å².